The van der Waals surface area contributed by atoms with Gasteiger partial charge in [0.05, 0.1) is 19.1 Å². The number of benzene rings is 2. The number of phenols is 1. The van der Waals surface area contributed by atoms with E-state index in [2.05, 4.69) is 32.5 Å². The topological polar surface area (TPSA) is 70.9 Å². The molecule has 0 saturated heterocycles. The van der Waals surface area contributed by atoms with Crippen molar-refractivity contribution in [2.24, 2.45) is 5.10 Å². The zero-order valence-corrected chi connectivity index (χ0v) is 16.6. The lowest BCUT2D eigenvalue weighted by molar-refractivity contribution is -0.118. The maximum absolute atomic E-state index is 11.9. The van der Waals surface area contributed by atoms with Crippen LogP contribution in [0.5, 0.6) is 11.5 Å². The average Bonchev–Trinajstić information content (AvgIpc) is 2.58. The number of hydrazone groups is 1. The van der Waals surface area contributed by atoms with Gasteiger partial charge in [0.1, 0.15) is 0 Å². The average molecular weight is 423 g/mol. The number of carbonyl (C=O) groups excluding carboxylic acids is 1. The summed E-state index contributed by atoms with van der Waals surface area (Å²) in [6.07, 6.45) is 1.50. The van der Waals surface area contributed by atoms with Crippen molar-refractivity contribution < 1.29 is 14.6 Å². The molecule has 25 heavy (non-hydrogen) atoms. The summed E-state index contributed by atoms with van der Waals surface area (Å²) in [6, 6.07) is 8.93. The molecule has 0 spiro atoms. The van der Waals surface area contributed by atoms with Gasteiger partial charge in [-0.3, -0.25) is 4.79 Å². The lowest BCUT2D eigenvalue weighted by atomic mass is 10.2. The number of ether oxygens (including phenoxy) is 1. The van der Waals surface area contributed by atoms with Crippen molar-refractivity contribution in [3.63, 3.8) is 0 Å². The Morgan fingerprint density at radius 1 is 1.32 bits per heavy atom. The Balaban J connectivity index is 1.90. The van der Waals surface area contributed by atoms with Crippen LogP contribution in [-0.4, -0.2) is 30.1 Å². The quantitative estimate of drug-likeness (QED) is 0.418. The van der Waals surface area contributed by atoms with Crippen LogP contribution in [0.4, 0.5) is 0 Å². The molecule has 0 fully saturated rings. The normalized spacial score (nSPS) is 10.9. The van der Waals surface area contributed by atoms with Gasteiger partial charge in [0.2, 0.25) is 5.91 Å². The maximum Gasteiger partial charge on any atom is 0.250 e. The molecule has 0 heterocycles. The summed E-state index contributed by atoms with van der Waals surface area (Å²) in [6.45, 7) is 4.03. The number of thioether (sulfide) groups is 1. The van der Waals surface area contributed by atoms with Crippen LogP contribution in [0.3, 0.4) is 0 Å². The largest absolute Gasteiger partial charge is 0.504 e. The molecular weight excluding hydrogens is 404 g/mol. The molecule has 2 aromatic rings. The van der Waals surface area contributed by atoms with Gasteiger partial charge in [0.15, 0.2) is 11.5 Å². The number of nitrogens with one attached hydrogen (secondary N) is 1. The molecule has 2 N–H and O–H groups in total. The molecule has 1 amide bonds. The predicted molar refractivity (Wildman–Crippen MR) is 105 cm³/mol. The number of aryl methyl sites for hydroxylation is 2. The number of hydrogen-bond donors (Lipinski definition) is 2. The Morgan fingerprint density at radius 2 is 2.08 bits per heavy atom. The fourth-order valence-corrected chi connectivity index (χ4v) is 3.39. The number of nitrogens with zero attached hydrogens (tertiary/aromatic N) is 1. The van der Waals surface area contributed by atoms with E-state index in [4.69, 9.17) is 4.74 Å². The Morgan fingerprint density at radius 3 is 2.80 bits per heavy atom. The fraction of sp³-hybridized carbons (Fsp3) is 0.222. The Labute approximate surface area is 159 Å². The minimum absolute atomic E-state index is 0.0558. The molecule has 7 heteroatoms. The molecule has 2 rings (SSSR count). The summed E-state index contributed by atoms with van der Waals surface area (Å²) < 4.78 is 6.09. The van der Waals surface area contributed by atoms with E-state index in [0.29, 0.717) is 11.3 Å². The van der Waals surface area contributed by atoms with Gasteiger partial charge in [-0.1, -0.05) is 15.9 Å². The van der Waals surface area contributed by atoms with Crippen molar-refractivity contribution in [1.29, 1.82) is 0 Å². The van der Waals surface area contributed by atoms with Gasteiger partial charge in [-0.05, 0) is 60.9 Å². The van der Waals surface area contributed by atoms with Crippen molar-refractivity contribution in [2.75, 3.05) is 12.9 Å². The third-order valence-electron chi connectivity index (χ3n) is 3.42. The van der Waals surface area contributed by atoms with E-state index in [9.17, 15) is 9.90 Å². The summed E-state index contributed by atoms with van der Waals surface area (Å²) in [5.74, 6) is 0.497. The molecule has 0 saturated carbocycles. The van der Waals surface area contributed by atoms with Gasteiger partial charge in [-0.15, -0.1) is 11.8 Å². The molecule has 0 radical (unpaired) electrons. The van der Waals surface area contributed by atoms with Crippen LogP contribution in [0.2, 0.25) is 0 Å². The highest BCUT2D eigenvalue weighted by Gasteiger charge is 2.07. The Bertz CT molecular complexity index is 809. The number of carbonyl (C=O) groups is 1. The smallest absolute Gasteiger partial charge is 0.250 e. The van der Waals surface area contributed by atoms with Gasteiger partial charge in [0, 0.05) is 9.37 Å². The number of hydrogen-bond acceptors (Lipinski definition) is 5. The van der Waals surface area contributed by atoms with Crippen LogP contribution in [0.15, 0.2) is 44.8 Å². The minimum Gasteiger partial charge on any atom is -0.504 e. The van der Waals surface area contributed by atoms with E-state index < -0.39 is 0 Å². The summed E-state index contributed by atoms with van der Waals surface area (Å²) >= 11 is 4.97. The number of halogens is 1. The molecule has 0 aliphatic rings. The minimum atomic E-state index is -0.188. The van der Waals surface area contributed by atoms with Crippen molar-refractivity contribution >= 4 is 39.8 Å². The van der Waals surface area contributed by atoms with E-state index in [1.807, 2.05) is 19.9 Å². The van der Waals surface area contributed by atoms with Crippen LogP contribution in [0, 0.1) is 13.8 Å². The van der Waals surface area contributed by atoms with E-state index in [0.717, 1.165) is 20.5 Å². The molecule has 2 aromatic carbocycles. The van der Waals surface area contributed by atoms with Crippen LogP contribution in [0.25, 0.3) is 0 Å². The van der Waals surface area contributed by atoms with Crippen LogP contribution >= 0.6 is 27.7 Å². The lowest BCUT2D eigenvalue weighted by Crippen LogP contribution is -2.19. The second-order valence-corrected chi connectivity index (χ2v) is 7.25. The van der Waals surface area contributed by atoms with Gasteiger partial charge in [-0.2, -0.15) is 5.10 Å². The molecule has 0 aliphatic heterocycles. The number of methoxy groups -OCH3 is 1. The van der Waals surface area contributed by atoms with E-state index in [-0.39, 0.29) is 17.4 Å². The summed E-state index contributed by atoms with van der Waals surface area (Å²) in [7, 11) is 1.47. The molecule has 0 aromatic heterocycles. The molecule has 0 bridgehead atoms. The van der Waals surface area contributed by atoms with Gasteiger partial charge in [0.25, 0.3) is 0 Å². The second-order valence-electron chi connectivity index (χ2n) is 5.38. The summed E-state index contributed by atoms with van der Waals surface area (Å²) in [5, 5.41) is 13.5. The van der Waals surface area contributed by atoms with E-state index >= 15 is 0 Å². The first-order chi connectivity index (χ1) is 11.9. The van der Waals surface area contributed by atoms with E-state index in [1.54, 1.807) is 12.1 Å². The van der Waals surface area contributed by atoms with Gasteiger partial charge >= 0.3 is 0 Å². The number of rotatable bonds is 6. The van der Waals surface area contributed by atoms with Crippen molar-refractivity contribution in [3.8, 4) is 11.5 Å². The number of aromatic hydroxyl groups is 1. The van der Waals surface area contributed by atoms with Crippen molar-refractivity contribution in [3.05, 3.63) is 51.5 Å². The van der Waals surface area contributed by atoms with Gasteiger partial charge in [-0.25, -0.2) is 5.43 Å². The second kappa shape index (κ2) is 8.92. The third-order valence-corrected chi connectivity index (χ3v) is 5.43. The summed E-state index contributed by atoms with van der Waals surface area (Å²) in [4.78, 5) is 13.0. The molecule has 0 atom stereocenters. The standard InChI is InChI=1S/C18H19BrN2O3S/c1-11-7-17(12(2)6-14(11)19)25-10-18(23)21-20-9-13-4-5-15(22)16(8-13)24-3/h4-9,22H,10H2,1-3H3,(H,21,23)/b20-9+. The highest BCUT2D eigenvalue weighted by atomic mass is 79.9. The molecular formula is C18H19BrN2O3S. The molecule has 132 valence electrons. The first kappa shape index (κ1) is 19.3. The number of phenolic OH excluding ortho intramolecular Hbond substituents is 1. The Kier molecular flexibility index (Phi) is 6.90. The fourth-order valence-electron chi connectivity index (χ4n) is 2.04. The van der Waals surface area contributed by atoms with Crippen LogP contribution in [0.1, 0.15) is 16.7 Å². The van der Waals surface area contributed by atoms with Gasteiger partial charge < -0.3 is 9.84 Å². The zero-order chi connectivity index (χ0) is 18.4. The highest BCUT2D eigenvalue weighted by Crippen LogP contribution is 2.28. The SMILES string of the molecule is COc1cc(/C=N/NC(=O)CSc2cc(C)c(Br)cc2C)ccc1O. The first-order valence-electron chi connectivity index (χ1n) is 7.49. The molecule has 5 nitrogen and oxygen atoms in total. The lowest BCUT2D eigenvalue weighted by Gasteiger charge is -2.08. The summed E-state index contributed by atoms with van der Waals surface area (Å²) in [5.41, 5.74) is 5.46. The molecule has 0 unspecified atom stereocenters. The number of amides is 1. The van der Waals surface area contributed by atoms with E-state index in [1.165, 1.54) is 31.2 Å². The zero-order valence-electron chi connectivity index (χ0n) is 14.2. The monoisotopic (exact) mass is 422 g/mol. The maximum atomic E-state index is 11.9. The van der Waals surface area contributed by atoms with Crippen LogP contribution in [-0.2, 0) is 4.79 Å². The van der Waals surface area contributed by atoms with Crippen molar-refractivity contribution in [1.82, 2.24) is 5.43 Å². The first-order valence-corrected chi connectivity index (χ1v) is 9.27. The molecule has 0 aliphatic carbocycles. The highest BCUT2D eigenvalue weighted by molar-refractivity contribution is 9.10. The predicted octanol–water partition coefficient (Wildman–Crippen LogP) is 4.02. The van der Waals surface area contributed by atoms with Crippen molar-refractivity contribution in [2.45, 2.75) is 18.7 Å². The van der Waals surface area contributed by atoms with Crippen LogP contribution < -0.4 is 10.2 Å². The third kappa shape index (κ3) is 5.51. The Hall–Kier alpha value is -1.99.